The number of allylic oxidation sites excluding steroid dienone is 1. The Labute approximate surface area is 116 Å². The van der Waals surface area contributed by atoms with E-state index in [-0.39, 0.29) is 13.1 Å². The Morgan fingerprint density at radius 1 is 1.35 bits per heavy atom. The maximum atomic E-state index is 11.5. The van der Waals surface area contributed by atoms with Crippen molar-refractivity contribution in [2.24, 2.45) is 0 Å². The van der Waals surface area contributed by atoms with E-state index in [0.29, 0.717) is 0 Å². The zero-order chi connectivity index (χ0) is 15.3. The van der Waals surface area contributed by atoms with Crippen molar-refractivity contribution in [3.63, 3.8) is 0 Å². The van der Waals surface area contributed by atoms with Gasteiger partial charge in [0.15, 0.2) is 6.00 Å². The second kappa shape index (κ2) is 6.84. The van der Waals surface area contributed by atoms with Gasteiger partial charge in [0.1, 0.15) is 0 Å². The number of hydrogen-bond donors (Lipinski definition) is 1. The van der Waals surface area contributed by atoms with E-state index in [1.807, 2.05) is 0 Å². The summed E-state index contributed by atoms with van der Waals surface area (Å²) in [5, 5.41) is 0. The highest BCUT2D eigenvalue weighted by Crippen LogP contribution is 2.10. The SMILES string of the molecule is CC=CC(OS(=O)(=O)O)B1OC(=O)CN(C)CC(=O)O1. The second-order valence-electron chi connectivity index (χ2n) is 4.03. The first-order valence-corrected chi connectivity index (χ1v) is 6.94. The van der Waals surface area contributed by atoms with Crippen molar-refractivity contribution in [3.8, 4) is 0 Å². The summed E-state index contributed by atoms with van der Waals surface area (Å²) in [5.41, 5.74) is 0. The molecule has 0 aromatic heterocycles. The predicted molar refractivity (Wildman–Crippen MR) is 66.7 cm³/mol. The molecule has 0 bridgehead atoms. The standard InChI is InChI=1S/C9H14BNO8S/c1-3-4-7(19-20(14,15)16)10-17-8(12)5-11(2)6-9(13)18-10/h3-4,7H,5-6H2,1-2H3,(H,14,15,16). The van der Waals surface area contributed by atoms with Crippen molar-refractivity contribution in [2.75, 3.05) is 20.1 Å². The fourth-order valence-corrected chi connectivity index (χ4v) is 1.92. The Balaban J connectivity index is 2.92. The monoisotopic (exact) mass is 307 g/mol. The van der Waals surface area contributed by atoms with Crippen molar-refractivity contribution in [1.29, 1.82) is 0 Å². The molecule has 1 unspecified atom stereocenters. The Kier molecular flexibility index (Phi) is 5.68. The van der Waals surface area contributed by atoms with Crippen LogP contribution in [-0.2, 0) is 33.5 Å². The van der Waals surface area contributed by atoms with Crippen molar-refractivity contribution in [3.05, 3.63) is 12.2 Å². The van der Waals surface area contributed by atoms with Crippen molar-refractivity contribution >= 4 is 29.5 Å². The summed E-state index contributed by atoms with van der Waals surface area (Å²) in [4.78, 5) is 24.4. The van der Waals surface area contributed by atoms with Crippen LogP contribution in [0.4, 0.5) is 0 Å². The smallest absolute Gasteiger partial charge is 0.496 e. The van der Waals surface area contributed by atoms with Gasteiger partial charge >= 0.3 is 29.5 Å². The fourth-order valence-electron chi connectivity index (χ4n) is 1.49. The summed E-state index contributed by atoms with van der Waals surface area (Å²) >= 11 is 0. The summed E-state index contributed by atoms with van der Waals surface area (Å²) in [6, 6.07) is -1.47. The third kappa shape index (κ3) is 5.69. The van der Waals surface area contributed by atoms with Gasteiger partial charge in [-0.25, -0.2) is 4.18 Å². The molecule has 0 aromatic carbocycles. The Bertz CT molecular complexity index is 484. The van der Waals surface area contributed by atoms with Crippen LogP contribution in [0.25, 0.3) is 0 Å². The molecule has 1 aliphatic heterocycles. The van der Waals surface area contributed by atoms with Gasteiger partial charge in [0, 0.05) is 0 Å². The predicted octanol–water partition coefficient (Wildman–Crippen LogP) is -1.19. The molecular weight excluding hydrogens is 293 g/mol. The summed E-state index contributed by atoms with van der Waals surface area (Å²) in [6.45, 7) is 1.21. The third-order valence-electron chi connectivity index (χ3n) is 2.18. The maximum Gasteiger partial charge on any atom is 0.635 e. The topological polar surface area (TPSA) is 119 Å². The molecule has 1 N–H and O–H groups in total. The first-order chi connectivity index (χ1) is 9.21. The van der Waals surface area contributed by atoms with Crippen LogP contribution in [-0.4, -0.2) is 63.1 Å². The van der Waals surface area contributed by atoms with E-state index in [0.717, 1.165) is 0 Å². The number of carbonyl (C=O) groups excluding carboxylic acids is 2. The van der Waals surface area contributed by atoms with Gasteiger partial charge in [0.05, 0.1) is 13.1 Å². The number of hydrogen-bond acceptors (Lipinski definition) is 8. The molecule has 0 spiro atoms. The zero-order valence-electron chi connectivity index (χ0n) is 10.9. The van der Waals surface area contributed by atoms with E-state index >= 15 is 0 Å². The zero-order valence-corrected chi connectivity index (χ0v) is 11.7. The van der Waals surface area contributed by atoms with Crippen molar-refractivity contribution < 1.29 is 36.1 Å². The minimum atomic E-state index is -4.81. The van der Waals surface area contributed by atoms with E-state index in [9.17, 15) is 18.0 Å². The highest BCUT2D eigenvalue weighted by Gasteiger charge is 2.41. The van der Waals surface area contributed by atoms with Crippen LogP contribution >= 0.6 is 0 Å². The Morgan fingerprint density at radius 2 is 1.85 bits per heavy atom. The molecule has 0 aromatic rings. The quantitative estimate of drug-likeness (QED) is 0.388. The lowest BCUT2D eigenvalue weighted by Gasteiger charge is -2.24. The minimum absolute atomic E-state index is 0.167. The average Bonchev–Trinajstić information content (AvgIpc) is 2.23. The lowest BCUT2D eigenvalue weighted by molar-refractivity contribution is -0.146. The van der Waals surface area contributed by atoms with Crippen LogP contribution < -0.4 is 0 Å². The molecule has 1 saturated heterocycles. The Morgan fingerprint density at radius 3 is 2.25 bits per heavy atom. The van der Waals surface area contributed by atoms with Gasteiger partial charge in [-0.2, -0.15) is 8.42 Å². The number of likely N-dealkylation sites (N-methyl/N-ethyl adjacent to an activating group) is 1. The van der Waals surface area contributed by atoms with Crippen LogP contribution in [0.15, 0.2) is 12.2 Å². The molecule has 0 radical (unpaired) electrons. The van der Waals surface area contributed by atoms with Gasteiger partial charge in [0.2, 0.25) is 0 Å². The lowest BCUT2D eigenvalue weighted by atomic mass is 9.80. The molecule has 1 fully saturated rings. The normalized spacial score (nSPS) is 20.2. The Hall–Kier alpha value is -1.43. The van der Waals surface area contributed by atoms with Gasteiger partial charge in [-0.3, -0.25) is 19.0 Å². The molecule has 1 aliphatic rings. The molecule has 1 atom stereocenters. The van der Waals surface area contributed by atoms with E-state index < -0.39 is 35.5 Å². The molecule has 0 saturated carbocycles. The van der Waals surface area contributed by atoms with Gasteiger partial charge in [0.25, 0.3) is 0 Å². The van der Waals surface area contributed by atoms with Gasteiger partial charge in [-0.05, 0) is 14.0 Å². The van der Waals surface area contributed by atoms with Crippen LogP contribution in [0.1, 0.15) is 6.92 Å². The van der Waals surface area contributed by atoms with Gasteiger partial charge in [-0.15, -0.1) is 0 Å². The number of rotatable bonds is 4. The molecular formula is C9H14BNO8S. The second-order valence-corrected chi connectivity index (χ2v) is 5.08. The minimum Gasteiger partial charge on any atom is -0.496 e. The van der Waals surface area contributed by atoms with E-state index in [2.05, 4.69) is 4.18 Å². The third-order valence-corrected chi connectivity index (χ3v) is 2.64. The molecule has 20 heavy (non-hydrogen) atoms. The van der Waals surface area contributed by atoms with Crippen LogP contribution in [0.5, 0.6) is 0 Å². The van der Waals surface area contributed by atoms with E-state index in [4.69, 9.17) is 13.9 Å². The van der Waals surface area contributed by atoms with E-state index in [1.54, 1.807) is 6.92 Å². The number of carbonyl (C=O) groups is 2. The highest BCUT2D eigenvalue weighted by molar-refractivity contribution is 7.81. The maximum absolute atomic E-state index is 11.5. The molecule has 1 heterocycles. The fraction of sp³-hybridized carbons (Fsp3) is 0.556. The van der Waals surface area contributed by atoms with Crippen LogP contribution in [0.2, 0.25) is 0 Å². The molecule has 0 amide bonds. The summed E-state index contributed by atoms with van der Waals surface area (Å²) < 4.78 is 44.1. The summed E-state index contributed by atoms with van der Waals surface area (Å²) in [7, 11) is -4.89. The van der Waals surface area contributed by atoms with Gasteiger partial charge < -0.3 is 9.31 Å². The van der Waals surface area contributed by atoms with Crippen molar-refractivity contribution in [1.82, 2.24) is 4.90 Å². The van der Waals surface area contributed by atoms with E-state index in [1.165, 1.54) is 24.1 Å². The molecule has 11 heteroatoms. The van der Waals surface area contributed by atoms with Gasteiger partial charge in [-0.1, -0.05) is 12.2 Å². The number of nitrogens with zero attached hydrogens (tertiary/aromatic N) is 1. The van der Waals surface area contributed by atoms with Crippen LogP contribution in [0, 0.1) is 0 Å². The average molecular weight is 307 g/mol. The summed E-state index contributed by atoms with van der Waals surface area (Å²) in [6.07, 6.45) is 2.56. The molecule has 1 rings (SSSR count). The first-order valence-electron chi connectivity index (χ1n) is 5.57. The first kappa shape index (κ1) is 16.6. The molecule has 112 valence electrons. The highest BCUT2D eigenvalue weighted by atomic mass is 32.3. The lowest BCUT2D eigenvalue weighted by Crippen LogP contribution is -2.48. The van der Waals surface area contributed by atoms with Crippen LogP contribution in [0.3, 0.4) is 0 Å². The van der Waals surface area contributed by atoms with Crippen molar-refractivity contribution in [2.45, 2.75) is 12.9 Å². The molecule has 9 nitrogen and oxygen atoms in total. The largest absolute Gasteiger partial charge is 0.635 e. The summed E-state index contributed by atoms with van der Waals surface area (Å²) in [5.74, 6) is -1.45. The molecule has 0 aliphatic carbocycles.